The summed E-state index contributed by atoms with van der Waals surface area (Å²) in [5.74, 6) is 0. The van der Waals surface area contributed by atoms with Crippen LogP contribution in [0.4, 0.5) is 5.69 Å². The molecule has 0 aromatic heterocycles. The van der Waals surface area contributed by atoms with Crippen molar-refractivity contribution in [3.63, 3.8) is 0 Å². The predicted molar refractivity (Wildman–Crippen MR) is 52.1 cm³/mol. The zero-order chi connectivity index (χ0) is 9.68. The molecular weight excluding hydrogens is 166 g/mol. The van der Waals surface area contributed by atoms with Gasteiger partial charge >= 0.3 is 0 Å². The fourth-order valence-electron chi connectivity index (χ4n) is 0.927. The van der Waals surface area contributed by atoms with Gasteiger partial charge in [0.05, 0.1) is 4.92 Å². The van der Waals surface area contributed by atoms with Crippen molar-refractivity contribution < 1.29 is 4.92 Å². The second-order valence-electron chi connectivity index (χ2n) is 2.54. The van der Waals surface area contributed by atoms with Gasteiger partial charge in [0.25, 0.3) is 5.69 Å². The molecule has 0 aliphatic rings. The Labute approximate surface area is 76.9 Å². The van der Waals surface area contributed by atoms with E-state index in [4.69, 9.17) is 0 Å². The lowest BCUT2D eigenvalue weighted by molar-refractivity contribution is -0.384. The number of non-ortho nitro benzene ring substituents is 1. The van der Waals surface area contributed by atoms with Crippen LogP contribution in [0.3, 0.4) is 0 Å². The summed E-state index contributed by atoms with van der Waals surface area (Å²) in [6.07, 6.45) is 4.51. The average molecular weight is 176 g/mol. The minimum absolute atomic E-state index is 0.117. The van der Waals surface area contributed by atoms with Gasteiger partial charge in [0.2, 0.25) is 0 Å². The van der Waals surface area contributed by atoms with Gasteiger partial charge < -0.3 is 0 Å². The molecule has 0 bridgehead atoms. The highest BCUT2D eigenvalue weighted by atomic mass is 16.6. The summed E-state index contributed by atoms with van der Waals surface area (Å²) in [6, 6.07) is 6.40. The molecule has 13 heavy (non-hydrogen) atoms. The molecule has 1 aromatic rings. The molecule has 1 aromatic carbocycles. The van der Waals surface area contributed by atoms with Gasteiger partial charge in [-0.1, -0.05) is 12.2 Å². The lowest BCUT2D eigenvalue weighted by Gasteiger charge is -1.92. The summed E-state index contributed by atoms with van der Waals surface area (Å²) in [5, 5.41) is 10.3. The minimum Gasteiger partial charge on any atom is -0.258 e. The highest BCUT2D eigenvalue weighted by Crippen LogP contribution is 2.12. The van der Waals surface area contributed by atoms with Crippen LogP contribution in [0.5, 0.6) is 0 Å². The Morgan fingerprint density at radius 2 is 2.00 bits per heavy atom. The van der Waals surface area contributed by atoms with Gasteiger partial charge in [0.1, 0.15) is 0 Å². The van der Waals surface area contributed by atoms with Crippen LogP contribution in [0.15, 0.2) is 30.3 Å². The summed E-state index contributed by atoms with van der Waals surface area (Å²) in [4.78, 5) is 9.90. The quantitative estimate of drug-likeness (QED) is 0.525. The molecule has 0 N–H and O–H groups in total. The maximum atomic E-state index is 10.3. The minimum atomic E-state index is -0.408. The Morgan fingerprint density at radius 3 is 2.46 bits per heavy atom. The van der Waals surface area contributed by atoms with Gasteiger partial charge in [0.15, 0.2) is 0 Å². The van der Waals surface area contributed by atoms with Crippen LogP contribution < -0.4 is 0 Å². The number of nitrogens with zero attached hydrogens (tertiary/aromatic N) is 1. The monoisotopic (exact) mass is 176 g/mol. The maximum Gasteiger partial charge on any atom is 0.269 e. The van der Waals surface area contributed by atoms with E-state index in [9.17, 15) is 10.1 Å². The zero-order valence-electron chi connectivity index (χ0n) is 7.14. The molecule has 0 aliphatic carbocycles. The standard InChI is InChI=1S/C10H10NO2/c1-2-3-4-9-5-7-10(8-6-9)11(12)13/h3-8H,1-2H2. The Kier molecular flexibility index (Phi) is 3.20. The van der Waals surface area contributed by atoms with Crippen LogP contribution in [0.1, 0.15) is 12.0 Å². The van der Waals surface area contributed by atoms with E-state index in [1.807, 2.05) is 12.2 Å². The Morgan fingerprint density at radius 1 is 1.38 bits per heavy atom. The molecular formula is C10H10NO2. The van der Waals surface area contributed by atoms with Crippen LogP contribution in [-0.2, 0) is 0 Å². The molecule has 0 heterocycles. The van der Waals surface area contributed by atoms with E-state index in [1.54, 1.807) is 12.1 Å². The second-order valence-corrected chi connectivity index (χ2v) is 2.54. The fraction of sp³-hybridized carbons (Fsp3) is 0.100. The van der Waals surface area contributed by atoms with Crippen LogP contribution in [-0.4, -0.2) is 4.92 Å². The van der Waals surface area contributed by atoms with Crippen molar-refractivity contribution in [1.29, 1.82) is 0 Å². The number of nitro benzene ring substituents is 1. The first-order valence-corrected chi connectivity index (χ1v) is 3.94. The number of hydrogen-bond donors (Lipinski definition) is 0. The molecule has 3 heteroatoms. The third kappa shape index (κ3) is 2.71. The van der Waals surface area contributed by atoms with Crippen molar-refractivity contribution in [2.75, 3.05) is 0 Å². The molecule has 0 spiro atoms. The van der Waals surface area contributed by atoms with Crippen LogP contribution >= 0.6 is 0 Å². The Bertz CT molecular complexity index is 314. The van der Waals surface area contributed by atoms with E-state index >= 15 is 0 Å². The normalized spacial score (nSPS) is 10.5. The lowest BCUT2D eigenvalue weighted by atomic mass is 10.2. The van der Waals surface area contributed by atoms with Crippen molar-refractivity contribution in [1.82, 2.24) is 0 Å². The van der Waals surface area contributed by atoms with E-state index in [0.29, 0.717) is 0 Å². The summed E-state index contributed by atoms with van der Waals surface area (Å²) in [5.41, 5.74) is 1.07. The fourth-order valence-corrected chi connectivity index (χ4v) is 0.927. The predicted octanol–water partition coefficient (Wildman–Crippen LogP) is 2.83. The molecule has 0 aliphatic heterocycles. The van der Waals surface area contributed by atoms with E-state index < -0.39 is 4.92 Å². The van der Waals surface area contributed by atoms with Gasteiger partial charge in [0, 0.05) is 12.1 Å². The Balaban J connectivity index is 2.81. The summed E-state index contributed by atoms with van der Waals surface area (Å²) in [7, 11) is 0. The highest BCUT2D eigenvalue weighted by Gasteiger charge is 2.01. The van der Waals surface area contributed by atoms with Gasteiger partial charge in [-0.25, -0.2) is 0 Å². The molecule has 0 unspecified atom stereocenters. The van der Waals surface area contributed by atoms with Crippen molar-refractivity contribution in [3.8, 4) is 0 Å². The Hall–Kier alpha value is -1.64. The summed E-state index contributed by atoms with van der Waals surface area (Å²) in [6.45, 7) is 3.65. The number of rotatable bonds is 3. The van der Waals surface area contributed by atoms with E-state index in [-0.39, 0.29) is 5.69 Å². The van der Waals surface area contributed by atoms with Gasteiger partial charge in [-0.15, -0.1) is 0 Å². The van der Waals surface area contributed by atoms with Crippen LogP contribution in [0.25, 0.3) is 6.08 Å². The van der Waals surface area contributed by atoms with E-state index in [0.717, 1.165) is 12.0 Å². The van der Waals surface area contributed by atoms with Crippen molar-refractivity contribution in [2.24, 2.45) is 0 Å². The first-order valence-electron chi connectivity index (χ1n) is 3.94. The number of hydrogen-bond acceptors (Lipinski definition) is 2. The maximum absolute atomic E-state index is 10.3. The first-order chi connectivity index (χ1) is 6.24. The average Bonchev–Trinajstić information content (AvgIpc) is 2.15. The number of allylic oxidation sites excluding steroid dienone is 1. The van der Waals surface area contributed by atoms with Gasteiger partial charge in [-0.05, 0) is 31.0 Å². The third-order valence-electron chi connectivity index (χ3n) is 1.58. The third-order valence-corrected chi connectivity index (χ3v) is 1.58. The number of nitro groups is 1. The topological polar surface area (TPSA) is 43.1 Å². The van der Waals surface area contributed by atoms with Crippen LogP contribution in [0.2, 0.25) is 0 Å². The lowest BCUT2D eigenvalue weighted by Crippen LogP contribution is -1.86. The molecule has 0 saturated heterocycles. The molecule has 0 fully saturated rings. The smallest absolute Gasteiger partial charge is 0.258 e. The number of benzene rings is 1. The highest BCUT2D eigenvalue weighted by molar-refractivity contribution is 5.51. The van der Waals surface area contributed by atoms with E-state index in [1.165, 1.54) is 12.1 Å². The molecule has 0 amide bonds. The zero-order valence-corrected chi connectivity index (χ0v) is 7.14. The first kappa shape index (κ1) is 9.45. The van der Waals surface area contributed by atoms with Gasteiger partial charge in [-0.2, -0.15) is 0 Å². The summed E-state index contributed by atoms with van der Waals surface area (Å²) < 4.78 is 0. The van der Waals surface area contributed by atoms with Crippen molar-refractivity contribution in [3.05, 3.63) is 52.9 Å². The van der Waals surface area contributed by atoms with Crippen LogP contribution in [0, 0.1) is 17.0 Å². The SMILES string of the molecule is [CH2]CC=Cc1ccc([N+](=O)[O-])cc1. The summed E-state index contributed by atoms with van der Waals surface area (Å²) >= 11 is 0. The van der Waals surface area contributed by atoms with Crippen molar-refractivity contribution >= 4 is 11.8 Å². The van der Waals surface area contributed by atoms with Crippen molar-refractivity contribution in [2.45, 2.75) is 6.42 Å². The molecule has 67 valence electrons. The molecule has 0 saturated carbocycles. The molecule has 1 radical (unpaired) electrons. The largest absolute Gasteiger partial charge is 0.269 e. The molecule has 0 atom stereocenters. The molecule has 1 rings (SSSR count). The molecule has 3 nitrogen and oxygen atoms in total. The van der Waals surface area contributed by atoms with Gasteiger partial charge in [-0.3, -0.25) is 10.1 Å². The second kappa shape index (κ2) is 4.40. The van der Waals surface area contributed by atoms with E-state index in [2.05, 4.69) is 6.92 Å².